The quantitative estimate of drug-likeness (QED) is 0.238. The summed E-state index contributed by atoms with van der Waals surface area (Å²) in [5.41, 5.74) is 14.6. The fourth-order valence-electron chi connectivity index (χ4n) is 4.75. The van der Waals surface area contributed by atoms with Crippen molar-refractivity contribution in [3.63, 3.8) is 0 Å². The van der Waals surface area contributed by atoms with E-state index in [0.29, 0.717) is 12.3 Å². The Morgan fingerprint density at radius 1 is 1.11 bits per heavy atom. The first-order valence-corrected chi connectivity index (χ1v) is 12.7. The molecule has 0 bridgehead atoms. The Bertz CT molecular complexity index is 1180. The Morgan fingerprint density at radius 2 is 1.89 bits per heavy atom. The molecule has 0 aliphatic carbocycles. The summed E-state index contributed by atoms with van der Waals surface area (Å²) in [6.45, 7) is 9.00. The number of nitrogens with two attached hydrogens (primary N) is 1. The monoisotopic (exact) mass is 488 g/mol. The fourth-order valence-corrected chi connectivity index (χ4v) is 4.75. The van der Waals surface area contributed by atoms with E-state index in [0.717, 1.165) is 52.9 Å². The second kappa shape index (κ2) is 12.5. The number of carbonyl (C=O) groups is 1. The molecule has 0 saturated heterocycles. The minimum absolute atomic E-state index is 0.0583. The number of nitrogens with one attached hydrogen (secondary N) is 2. The normalized spacial score (nSPS) is 13.6. The van der Waals surface area contributed by atoms with Crippen molar-refractivity contribution in [3.8, 4) is 5.88 Å². The minimum Gasteiger partial charge on any atom is -0.473 e. The van der Waals surface area contributed by atoms with Crippen LogP contribution in [0.3, 0.4) is 0 Å². The van der Waals surface area contributed by atoms with E-state index in [1.807, 2.05) is 40.1 Å². The summed E-state index contributed by atoms with van der Waals surface area (Å²) in [6.07, 6.45) is 4.46. The van der Waals surface area contributed by atoms with Gasteiger partial charge in [0.15, 0.2) is 0 Å². The Hall–Kier alpha value is -3.38. The SMILES string of the molecule is CC[C@H](CNC)Oc1ncccc1Cc1cc(C(c2ccc(NC)c(N)c2C)C(C)C=O)ccc1C. The summed E-state index contributed by atoms with van der Waals surface area (Å²) in [5, 5.41) is 6.33. The largest absolute Gasteiger partial charge is 0.473 e. The number of pyridine rings is 1. The standard InChI is InChI=1S/C30H40N4O2/c1-7-25(17-32-5)36-30-23(9-8-14-34-30)16-24-15-22(11-10-19(24)2)28(20(3)18-35)26-12-13-27(33-6)29(31)21(26)4/h8-15,18,20,25,28,32-33H,7,16-17,31H2,1-6H3/t20?,25-,28?/m1/s1. The summed E-state index contributed by atoms with van der Waals surface area (Å²) in [4.78, 5) is 16.6. The Kier molecular flexibility index (Phi) is 9.48. The second-order valence-corrected chi connectivity index (χ2v) is 9.50. The number of rotatable bonds is 12. The van der Waals surface area contributed by atoms with Gasteiger partial charge < -0.3 is 25.9 Å². The summed E-state index contributed by atoms with van der Waals surface area (Å²) in [7, 11) is 3.79. The van der Waals surface area contributed by atoms with E-state index < -0.39 is 0 Å². The lowest BCUT2D eigenvalue weighted by Crippen LogP contribution is -2.29. The molecule has 4 N–H and O–H groups in total. The molecular weight excluding hydrogens is 448 g/mol. The Morgan fingerprint density at radius 3 is 2.56 bits per heavy atom. The van der Waals surface area contributed by atoms with Crippen molar-refractivity contribution in [3.05, 3.63) is 82.0 Å². The predicted octanol–water partition coefficient (Wildman–Crippen LogP) is 5.26. The number of hydrogen-bond acceptors (Lipinski definition) is 6. The number of hydrogen-bond donors (Lipinski definition) is 3. The van der Waals surface area contributed by atoms with Gasteiger partial charge in [-0.15, -0.1) is 0 Å². The van der Waals surface area contributed by atoms with Crippen LogP contribution < -0.4 is 21.1 Å². The van der Waals surface area contributed by atoms with Gasteiger partial charge in [0.2, 0.25) is 5.88 Å². The summed E-state index contributed by atoms with van der Waals surface area (Å²) < 4.78 is 6.26. The van der Waals surface area contributed by atoms with Gasteiger partial charge in [0.1, 0.15) is 12.4 Å². The first-order chi connectivity index (χ1) is 17.3. The van der Waals surface area contributed by atoms with E-state index in [4.69, 9.17) is 10.5 Å². The van der Waals surface area contributed by atoms with Crippen molar-refractivity contribution in [2.24, 2.45) is 5.92 Å². The van der Waals surface area contributed by atoms with Gasteiger partial charge in [-0.25, -0.2) is 4.98 Å². The highest BCUT2D eigenvalue weighted by Gasteiger charge is 2.25. The zero-order valence-corrected chi connectivity index (χ0v) is 22.4. The number of benzene rings is 2. The number of carbonyl (C=O) groups excluding carboxylic acids is 1. The van der Waals surface area contributed by atoms with Crippen molar-refractivity contribution < 1.29 is 9.53 Å². The number of nitrogen functional groups attached to an aromatic ring is 1. The molecule has 3 atom stereocenters. The number of nitrogens with zero attached hydrogens (tertiary/aromatic N) is 1. The maximum Gasteiger partial charge on any atom is 0.217 e. The number of likely N-dealkylation sites (N-methyl/N-ethyl adjacent to an activating group) is 1. The van der Waals surface area contributed by atoms with Crippen LogP contribution in [-0.4, -0.2) is 38.0 Å². The van der Waals surface area contributed by atoms with Crippen LogP contribution >= 0.6 is 0 Å². The third kappa shape index (κ3) is 6.05. The first-order valence-electron chi connectivity index (χ1n) is 12.7. The number of aryl methyl sites for hydroxylation is 1. The van der Waals surface area contributed by atoms with Crippen molar-refractivity contribution in [2.45, 2.75) is 52.6 Å². The molecule has 2 aromatic carbocycles. The van der Waals surface area contributed by atoms with Crippen molar-refractivity contribution in [1.82, 2.24) is 10.3 Å². The van der Waals surface area contributed by atoms with E-state index in [-0.39, 0.29) is 17.9 Å². The van der Waals surface area contributed by atoms with E-state index in [9.17, 15) is 4.79 Å². The molecule has 3 rings (SSSR count). The summed E-state index contributed by atoms with van der Waals surface area (Å²) in [6, 6.07) is 14.6. The molecule has 0 radical (unpaired) electrons. The topological polar surface area (TPSA) is 89.3 Å². The van der Waals surface area contributed by atoms with Crippen LogP contribution in [0.4, 0.5) is 11.4 Å². The van der Waals surface area contributed by atoms with E-state index in [2.05, 4.69) is 59.8 Å². The third-order valence-electron chi connectivity index (χ3n) is 7.03. The molecule has 36 heavy (non-hydrogen) atoms. The third-order valence-corrected chi connectivity index (χ3v) is 7.03. The molecule has 0 fully saturated rings. The molecule has 6 nitrogen and oxygen atoms in total. The number of anilines is 2. The molecule has 3 aromatic rings. The van der Waals surface area contributed by atoms with Gasteiger partial charge in [-0.1, -0.05) is 44.2 Å². The number of ether oxygens (including phenoxy) is 1. The Labute approximate surface area is 215 Å². The van der Waals surface area contributed by atoms with Gasteiger partial charge in [0.25, 0.3) is 0 Å². The molecule has 0 aliphatic heterocycles. The predicted molar refractivity (Wildman–Crippen MR) is 149 cm³/mol. The van der Waals surface area contributed by atoms with Gasteiger partial charge in [0, 0.05) is 43.6 Å². The molecule has 0 saturated carbocycles. The van der Waals surface area contributed by atoms with Gasteiger partial charge in [-0.05, 0) is 67.3 Å². The van der Waals surface area contributed by atoms with Crippen LogP contribution in [0.2, 0.25) is 0 Å². The van der Waals surface area contributed by atoms with Gasteiger partial charge in [-0.3, -0.25) is 0 Å². The zero-order valence-electron chi connectivity index (χ0n) is 22.4. The lowest BCUT2D eigenvalue weighted by molar-refractivity contribution is -0.111. The molecule has 0 spiro atoms. The van der Waals surface area contributed by atoms with Crippen LogP contribution in [0, 0.1) is 19.8 Å². The Balaban J connectivity index is 2.02. The van der Waals surface area contributed by atoms with Crippen LogP contribution in [0.1, 0.15) is 59.6 Å². The van der Waals surface area contributed by atoms with E-state index in [1.54, 1.807) is 6.20 Å². The molecule has 6 heteroatoms. The number of aldehydes is 1. The highest BCUT2D eigenvalue weighted by atomic mass is 16.5. The van der Waals surface area contributed by atoms with Crippen molar-refractivity contribution in [1.29, 1.82) is 0 Å². The van der Waals surface area contributed by atoms with Gasteiger partial charge in [-0.2, -0.15) is 0 Å². The molecular formula is C30H40N4O2. The highest BCUT2D eigenvalue weighted by molar-refractivity contribution is 5.72. The lowest BCUT2D eigenvalue weighted by Gasteiger charge is -2.26. The molecule has 192 valence electrons. The van der Waals surface area contributed by atoms with Crippen LogP contribution in [0.5, 0.6) is 5.88 Å². The van der Waals surface area contributed by atoms with E-state index >= 15 is 0 Å². The van der Waals surface area contributed by atoms with Crippen molar-refractivity contribution >= 4 is 17.7 Å². The molecule has 0 aliphatic rings. The molecule has 2 unspecified atom stereocenters. The van der Waals surface area contributed by atoms with Gasteiger partial charge in [0.05, 0.1) is 11.4 Å². The van der Waals surface area contributed by atoms with E-state index in [1.165, 1.54) is 11.1 Å². The fraction of sp³-hybridized carbons (Fsp3) is 0.400. The molecule has 1 heterocycles. The average Bonchev–Trinajstić information content (AvgIpc) is 2.89. The molecule has 1 aromatic heterocycles. The first kappa shape index (κ1) is 27.2. The van der Waals surface area contributed by atoms with Crippen LogP contribution in [-0.2, 0) is 11.2 Å². The van der Waals surface area contributed by atoms with Crippen molar-refractivity contribution in [2.75, 3.05) is 31.7 Å². The summed E-state index contributed by atoms with van der Waals surface area (Å²) in [5.74, 6) is 0.372. The smallest absolute Gasteiger partial charge is 0.217 e. The molecule has 0 amide bonds. The number of aromatic nitrogens is 1. The summed E-state index contributed by atoms with van der Waals surface area (Å²) >= 11 is 0. The van der Waals surface area contributed by atoms with Gasteiger partial charge >= 0.3 is 0 Å². The second-order valence-electron chi connectivity index (χ2n) is 9.50. The minimum atomic E-state index is -0.205. The van der Waals surface area contributed by atoms with Crippen LogP contribution in [0.25, 0.3) is 0 Å². The highest BCUT2D eigenvalue weighted by Crippen LogP contribution is 2.38. The average molecular weight is 489 g/mol. The maximum absolute atomic E-state index is 12.0. The van der Waals surface area contributed by atoms with Crippen LogP contribution in [0.15, 0.2) is 48.7 Å². The maximum atomic E-state index is 12.0. The zero-order chi connectivity index (χ0) is 26.2. The lowest BCUT2D eigenvalue weighted by atomic mass is 9.79.